The van der Waals surface area contributed by atoms with Crippen molar-refractivity contribution in [1.82, 2.24) is 14.5 Å². The normalized spacial score (nSPS) is 11.9. The maximum Gasteiger partial charge on any atom is 0.0696 e. The van der Waals surface area contributed by atoms with Gasteiger partial charge in [0.2, 0.25) is 0 Å². The predicted molar refractivity (Wildman–Crippen MR) is 66.7 cm³/mol. The van der Waals surface area contributed by atoms with Crippen molar-refractivity contribution in [2.75, 3.05) is 14.1 Å². The molecule has 86 valence electrons. The first-order chi connectivity index (χ1) is 7.58. The van der Waals surface area contributed by atoms with Gasteiger partial charge in [-0.3, -0.25) is 0 Å². The van der Waals surface area contributed by atoms with E-state index in [4.69, 9.17) is 0 Å². The summed E-state index contributed by atoms with van der Waals surface area (Å²) in [7, 11) is 4.15. The van der Waals surface area contributed by atoms with Crippen LogP contribution < -0.4 is 0 Å². The van der Waals surface area contributed by atoms with Crippen LogP contribution in [0.15, 0.2) is 24.5 Å². The fourth-order valence-corrected chi connectivity index (χ4v) is 1.95. The molecule has 0 saturated carbocycles. The summed E-state index contributed by atoms with van der Waals surface area (Å²) < 4.78 is 1.98. The lowest BCUT2D eigenvalue weighted by atomic mass is 10.1. The number of pyridine rings is 1. The predicted octanol–water partition coefficient (Wildman–Crippen LogP) is 2.52. The molecule has 0 fully saturated rings. The number of hydrogen-bond donors (Lipinski definition) is 0. The average molecular weight is 217 g/mol. The lowest BCUT2D eigenvalue weighted by Gasteiger charge is -2.10. The molecule has 0 bridgehead atoms. The standard InChI is InChI=1S/C13H19N3/c1-10(2)12-7-14-16-9-11(8-15(3)4)5-6-13(12)16/h5-7,9-10H,8H2,1-4H3. The highest BCUT2D eigenvalue weighted by Crippen LogP contribution is 2.20. The van der Waals surface area contributed by atoms with E-state index < -0.39 is 0 Å². The molecule has 0 spiro atoms. The summed E-state index contributed by atoms with van der Waals surface area (Å²) in [5.74, 6) is 0.525. The molecule has 0 aliphatic carbocycles. The van der Waals surface area contributed by atoms with Crippen molar-refractivity contribution >= 4 is 5.52 Å². The summed E-state index contributed by atoms with van der Waals surface area (Å²) in [5.41, 5.74) is 3.82. The van der Waals surface area contributed by atoms with E-state index in [0.29, 0.717) is 5.92 Å². The molecule has 0 aliphatic heterocycles. The van der Waals surface area contributed by atoms with E-state index in [-0.39, 0.29) is 0 Å². The van der Waals surface area contributed by atoms with Gasteiger partial charge >= 0.3 is 0 Å². The Kier molecular flexibility index (Phi) is 2.97. The van der Waals surface area contributed by atoms with E-state index in [1.54, 1.807) is 0 Å². The van der Waals surface area contributed by atoms with Crippen LogP contribution in [0.1, 0.15) is 30.9 Å². The molecule has 2 aromatic heterocycles. The Labute approximate surface area is 96.7 Å². The van der Waals surface area contributed by atoms with E-state index in [0.717, 1.165) is 6.54 Å². The minimum atomic E-state index is 0.525. The second kappa shape index (κ2) is 4.26. The number of aromatic nitrogens is 2. The van der Waals surface area contributed by atoms with E-state index in [2.05, 4.69) is 56.3 Å². The highest BCUT2D eigenvalue weighted by molar-refractivity contribution is 5.55. The summed E-state index contributed by atoms with van der Waals surface area (Å²) in [6.45, 7) is 5.35. The lowest BCUT2D eigenvalue weighted by Crippen LogP contribution is -2.11. The van der Waals surface area contributed by atoms with Gasteiger partial charge in [0.25, 0.3) is 0 Å². The van der Waals surface area contributed by atoms with Crippen LogP contribution in [0.3, 0.4) is 0 Å². The van der Waals surface area contributed by atoms with Crippen LogP contribution in [0.2, 0.25) is 0 Å². The molecular formula is C13H19N3. The zero-order valence-electron chi connectivity index (χ0n) is 10.4. The Hall–Kier alpha value is -1.35. The van der Waals surface area contributed by atoms with Crippen molar-refractivity contribution in [2.24, 2.45) is 0 Å². The third-order valence-electron chi connectivity index (χ3n) is 2.73. The van der Waals surface area contributed by atoms with Gasteiger partial charge < -0.3 is 4.90 Å². The second-order valence-electron chi connectivity index (χ2n) is 4.86. The maximum atomic E-state index is 4.41. The zero-order valence-corrected chi connectivity index (χ0v) is 10.4. The Morgan fingerprint density at radius 2 is 2.06 bits per heavy atom. The van der Waals surface area contributed by atoms with Crippen molar-refractivity contribution in [1.29, 1.82) is 0 Å². The molecule has 0 aromatic carbocycles. The molecular weight excluding hydrogens is 198 g/mol. The van der Waals surface area contributed by atoms with Crippen LogP contribution >= 0.6 is 0 Å². The lowest BCUT2D eigenvalue weighted by molar-refractivity contribution is 0.401. The van der Waals surface area contributed by atoms with Crippen LogP contribution in [-0.2, 0) is 6.54 Å². The van der Waals surface area contributed by atoms with Crippen LogP contribution in [0.4, 0.5) is 0 Å². The van der Waals surface area contributed by atoms with Crippen molar-refractivity contribution in [3.8, 4) is 0 Å². The number of hydrogen-bond acceptors (Lipinski definition) is 2. The largest absolute Gasteiger partial charge is 0.305 e. The molecule has 3 heteroatoms. The molecule has 16 heavy (non-hydrogen) atoms. The Morgan fingerprint density at radius 3 is 2.69 bits per heavy atom. The Morgan fingerprint density at radius 1 is 1.31 bits per heavy atom. The smallest absolute Gasteiger partial charge is 0.0696 e. The maximum absolute atomic E-state index is 4.41. The first-order valence-corrected chi connectivity index (χ1v) is 5.69. The van der Waals surface area contributed by atoms with Crippen LogP contribution in [0.5, 0.6) is 0 Å². The monoisotopic (exact) mass is 217 g/mol. The van der Waals surface area contributed by atoms with E-state index in [1.165, 1.54) is 16.6 Å². The zero-order chi connectivity index (χ0) is 11.7. The minimum absolute atomic E-state index is 0.525. The van der Waals surface area contributed by atoms with Crippen molar-refractivity contribution in [2.45, 2.75) is 26.3 Å². The summed E-state index contributed by atoms with van der Waals surface area (Å²) in [6.07, 6.45) is 4.08. The number of nitrogens with zero attached hydrogens (tertiary/aromatic N) is 3. The number of fused-ring (bicyclic) bond motifs is 1. The van der Waals surface area contributed by atoms with Crippen LogP contribution in [0, 0.1) is 0 Å². The van der Waals surface area contributed by atoms with Gasteiger partial charge in [-0.05, 0) is 31.6 Å². The quantitative estimate of drug-likeness (QED) is 0.787. The van der Waals surface area contributed by atoms with Gasteiger partial charge in [0.05, 0.1) is 11.7 Å². The highest BCUT2D eigenvalue weighted by atomic mass is 15.2. The van der Waals surface area contributed by atoms with Crippen LogP contribution in [-0.4, -0.2) is 28.6 Å². The van der Waals surface area contributed by atoms with Crippen molar-refractivity contribution < 1.29 is 0 Å². The second-order valence-corrected chi connectivity index (χ2v) is 4.86. The van der Waals surface area contributed by atoms with E-state index >= 15 is 0 Å². The Bertz CT molecular complexity index is 483. The van der Waals surface area contributed by atoms with Gasteiger partial charge in [0.15, 0.2) is 0 Å². The highest BCUT2D eigenvalue weighted by Gasteiger charge is 2.07. The molecule has 0 saturated heterocycles. The van der Waals surface area contributed by atoms with Crippen molar-refractivity contribution in [3.63, 3.8) is 0 Å². The fraction of sp³-hybridized carbons (Fsp3) is 0.462. The third kappa shape index (κ3) is 2.09. The molecule has 0 atom stereocenters. The summed E-state index contributed by atoms with van der Waals surface area (Å²) in [6, 6.07) is 4.35. The van der Waals surface area contributed by atoms with Gasteiger partial charge in [-0.25, -0.2) is 4.52 Å². The van der Waals surface area contributed by atoms with Gasteiger partial charge in [0, 0.05) is 18.3 Å². The van der Waals surface area contributed by atoms with Gasteiger partial charge in [-0.1, -0.05) is 19.9 Å². The first kappa shape index (κ1) is 11.1. The molecule has 0 aliphatic rings. The molecule has 0 amide bonds. The molecule has 2 heterocycles. The minimum Gasteiger partial charge on any atom is -0.305 e. The molecule has 0 radical (unpaired) electrons. The van der Waals surface area contributed by atoms with Gasteiger partial charge in [0.1, 0.15) is 0 Å². The van der Waals surface area contributed by atoms with E-state index in [1.807, 2.05) is 10.7 Å². The fourth-order valence-electron chi connectivity index (χ4n) is 1.95. The van der Waals surface area contributed by atoms with Gasteiger partial charge in [-0.2, -0.15) is 5.10 Å². The number of rotatable bonds is 3. The SMILES string of the molecule is CC(C)c1cnn2cc(CN(C)C)ccc12. The first-order valence-electron chi connectivity index (χ1n) is 5.69. The molecule has 0 N–H and O–H groups in total. The Balaban J connectivity index is 2.41. The molecule has 3 nitrogen and oxygen atoms in total. The summed E-state index contributed by atoms with van der Waals surface area (Å²) >= 11 is 0. The summed E-state index contributed by atoms with van der Waals surface area (Å²) in [5, 5.41) is 4.41. The summed E-state index contributed by atoms with van der Waals surface area (Å²) in [4.78, 5) is 2.16. The van der Waals surface area contributed by atoms with Crippen molar-refractivity contribution in [3.05, 3.63) is 35.7 Å². The topological polar surface area (TPSA) is 20.5 Å². The molecule has 2 rings (SSSR count). The van der Waals surface area contributed by atoms with Crippen LogP contribution in [0.25, 0.3) is 5.52 Å². The molecule has 2 aromatic rings. The average Bonchev–Trinajstić information content (AvgIpc) is 2.59. The molecule has 0 unspecified atom stereocenters. The third-order valence-corrected chi connectivity index (χ3v) is 2.73. The van der Waals surface area contributed by atoms with E-state index in [9.17, 15) is 0 Å². The van der Waals surface area contributed by atoms with Gasteiger partial charge in [-0.15, -0.1) is 0 Å².